The van der Waals surface area contributed by atoms with Gasteiger partial charge in [-0.25, -0.2) is 23.3 Å². The van der Waals surface area contributed by atoms with Gasteiger partial charge in [0.25, 0.3) is 5.56 Å². The van der Waals surface area contributed by atoms with Crippen molar-refractivity contribution in [2.24, 2.45) is 0 Å². The molecule has 0 bridgehead atoms. The molecule has 0 radical (unpaired) electrons. The number of carbonyl (C=O) groups excluding carboxylic acids is 3. The van der Waals surface area contributed by atoms with Crippen molar-refractivity contribution < 1.29 is 100 Å². The Balaban J connectivity index is 1.82. The lowest BCUT2D eigenvalue weighted by Crippen LogP contribution is -2.52. The Kier molecular flexibility index (Phi) is 21.4. The molecule has 1 aliphatic rings. The van der Waals surface area contributed by atoms with Crippen LogP contribution in [0.2, 0.25) is 0 Å². The average Bonchev–Trinajstić information content (AvgIpc) is 3.48. The molecule has 354 valence electrons. The lowest BCUT2D eigenvalue weighted by Gasteiger charge is -2.23. The molecule has 12 N–H and O–H groups in total. The third-order valence-electron chi connectivity index (χ3n) is 7.80. The third-order valence-corrected chi connectivity index (χ3v) is 15.0. The first kappa shape index (κ1) is 55.2. The van der Waals surface area contributed by atoms with E-state index in [1.165, 1.54) is 21.6 Å². The monoisotopic (exact) mass is 999 g/mol. The Morgan fingerprint density at radius 2 is 1.59 bits per heavy atom. The largest absolute Gasteiger partial charge is 0.490 e. The van der Waals surface area contributed by atoms with Crippen LogP contribution in [0.15, 0.2) is 15.8 Å². The van der Waals surface area contributed by atoms with Crippen molar-refractivity contribution in [3.63, 3.8) is 0 Å². The van der Waals surface area contributed by atoms with E-state index in [-0.39, 0.29) is 31.4 Å². The molecule has 1 aromatic rings. The van der Waals surface area contributed by atoms with E-state index >= 15 is 0 Å². The minimum Gasteiger partial charge on any atom is -0.481 e. The molecule has 33 heteroatoms. The number of hydrogen-bond acceptors (Lipinski definition) is 18. The first-order chi connectivity index (χ1) is 29.0. The first-order valence-electron chi connectivity index (χ1n) is 17.8. The standard InChI is InChI=1S/C30H44N5O23P3S2/c1-30(2,8-3-6-22(38)32-17(11-24(39)40)27(44)33-18(28(45)46)12-25(41)42)63-62-10-7-21(37)31-9-4-5-16-14-35(29(47)34-26(16)43)23-13-19(36)20(56-23)15-55-60(51,52)58-61(53,54)57-59(48,49)50/h14,17-20,23,36H,3,6-13,15H2,1-2H3,(H,31,37)(H,32,38)(H,33,44)(H,39,40)(H,41,42)(H,45,46)(H,51,52)(H,53,54)(H,34,43,47)(H2,48,49,50). The van der Waals surface area contributed by atoms with Gasteiger partial charge in [-0.3, -0.25) is 42.8 Å². The van der Waals surface area contributed by atoms with E-state index in [1.807, 2.05) is 24.1 Å². The van der Waals surface area contributed by atoms with E-state index in [0.29, 0.717) is 18.6 Å². The van der Waals surface area contributed by atoms with Crippen LogP contribution in [0.5, 0.6) is 0 Å². The Labute approximate surface area is 363 Å². The smallest absolute Gasteiger partial charge is 0.481 e. The molecule has 1 aromatic heterocycles. The molecule has 2 rings (SSSR count). The number of aliphatic hydroxyl groups is 1. The summed E-state index contributed by atoms with van der Waals surface area (Å²) in [7, 11) is -14.2. The van der Waals surface area contributed by atoms with E-state index in [1.54, 1.807) is 0 Å². The number of carboxylic acid groups (broad SMARTS) is 3. The van der Waals surface area contributed by atoms with Crippen molar-refractivity contribution >= 4 is 80.7 Å². The number of aromatic amines is 1. The van der Waals surface area contributed by atoms with E-state index in [2.05, 4.69) is 35.6 Å². The zero-order valence-corrected chi connectivity index (χ0v) is 37.2. The van der Waals surface area contributed by atoms with Crippen LogP contribution >= 0.6 is 45.1 Å². The number of amides is 3. The van der Waals surface area contributed by atoms with E-state index in [9.17, 15) is 66.9 Å². The summed E-state index contributed by atoms with van der Waals surface area (Å²) in [5.41, 5.74) is -2.19. The number of nitrogens with one attached hydrogen (secondary N) is 4. The van der Waals surface area contributed by atoms with Crippen LogP contribution in [-0.2, 0) is 60.3 Å². The van der Waals surface area contributed by atoms with Crippen LogP contribution in [0, 0.1) is 11.8 Å². The minimum absolute atomic E-state index is 0.0517. The highest BCUT2D eigenvalue weighted by molar-refractivity contribution is 8.77. The molecule has 1 aliphatic heterocycles. The topological polar surface area (TPSA) is 443 Å². The molecule has 1 fully saturated rings. The number of aliphatic hydroxyl groups excluding tert-OH is 1. The van der Waals surface area contributed by atoms with E-state index < -0.39 is 125 Å². The highest BCUT2D eigenvalue weighted by Crippen LogP contribution is 2.66. The second-order valence-electron chi connectivity index (χ2n) is 13.6. The second-order valence-corrected chi connectivity index (χ2v) is 21.1. The van der Waals surface area contributed by atoms with E-state index in [4.69, 9.17) is 29.8 Å². The molecule has 7 atom stereocenters. The van der Waals surface area contributed by atoms with Gasteiger partial charge in [-0.15, -0.1) is 0 Å². The number of hydrogen-bond donors (Lipinski definition) is 12. The lowest BCUT2D eigenvalue weighted by atomic mass is 10.0. The maximum absolute atomic E-state index is 12.5. The lowest BCUT2D eigenvalue weighted by molar-refractivity contribution is -0.148. The summed E-state index contributed by atoms with van der Waals surface area (Å²) in [5.74, 6) is -1.57. The molecule has 0 aliphatic carbocycles. The molecular weight excluding hydrogens is 955 g/mol. The fraction of sp³-hybridized carbons (Fsp3) is 0.600. The highest BCUT2D eigenvalue weighted by atomic mass is 33.1. The Morgan fingerprint density at radius 1 is 0.952 bits per heavy atom. The van der Waals surface area contributed by atoms with Gasteiger partial charge in [0.1, 0.15) is 30.0 Å². The van der Waals surface area contributed by atoms with Gasteiger partial charge in [0.2, 0.25) is 17.7 Å². The average molecular weight is 1000 g/mol. The van der Waals surface area contributed by atoms with Crippen molar-refractivity contribution in [1.82, 2.24) is 25.5 Å². The quantitative estimate of drug-likeness (QED) is 0.0223. The van der Waals surface area contributed by atoms with Crippen molar-refractivity contribution in [3.05, 3.63) is 32.6 Å². The van der Waals surface area contributed by atoms with Gasteiger partial charge in [-0.05, 0) is 26.7 Å². The fourth-order valence-electron chi connectivity index (χ4n) is 5.01. The van der Waals surface area contributed by atoms with Crippen LogP contribution in [0.3, 0.4) is 0 Å². The molecular formula is C30H44N5O23P3S2. The van der Waals surface area contributed by atoms with Crippen molar-refractivity contribution in [3.8, 4) is 11.8 Å². The summed E-state index contributed by atoms with van der Waals surface area (Å²) in [6.07, 6.45) is -4.81. The summed E-state index contributed by atoms with van der Waals surface area (Å²) in [4.78, 5) is 134. The van der Waals surface area contributed by atoms with Crippen molar-refractivity contribution in [1.29, 1.82) is 0 Å². The summed E-state index contributed by atoms with van der Waals surface area (Å²) in [6, 6.07) is -3.51. The van der Waals surface area contributed by atoms with Gasteiger partial charge >= 0.3 is 47.1 Å². The Morgan fingerprint density at radius 3 is 2.19 bits per heavy atom. The molecule has 63 heavy (non-hydrogen) atoms. The molecule has 2 heterocycles. The number of carbonyl (C=O) groups is 6. The van der Waals surface area contributed by atoms with Crippen LogP contribution in [0.4, 0.5) is 0 Å². The normalized spacial score (nSPS) is 19.3. The zero-order valence-electron chi connectivity index (χ0n) is 32.8. The van der Waals surface area contributed by atoms with Crippen LogP contribution in [0.25, 0.3) is 0 Å². The second kappa shape index (κ2) is 24.4. The van der Waals surface area contributed by atoms with Crippen LogP contribution in [-0.4, -0.2) is 133 Å². The van der Waals surface area contributed by atoms with Gasteiger partial charge in [0.15, 0.2) is 0 Å². The van der Waals surface area contributed by atoms with E-state index in [0.717, 1.165) is 10.8 Å². The minimum atomic E-state index is -5.81. The summed E-state index contributed by atoms with van der Waals surface area (Å²) >= 11 is 0. The van der Waals surface area contributed by atoms with Crippen molar-refractivity contribution in [2.75, 3.05) is 18.9 Å². The van der Waals surface area contributed by atoms with Gasteiger partial charge in [0, 0.05) is 36.0 Å². The number of phosphoric ester groups is 1. The molecule has 0 saturated carbocycles. The Hall–Kier alpha value is -3.91. The fourth-order valence-corrected chi connectivity index (χ4v) is 10.7. The number of aliphatic carboxylic acids is 3. The zero-order chi connectivity index (χ0) is 47.9. The van der Waals surface area contributed by atoms with Gasteiger partial charge < -0.3 is 60.7 Å². The molecule has 28 nitrogen and oxygen atoms in total. The maximum Gasteiger partial charge on any atom is 0.490 e. The van der Waals surface area contributed by atoms with Gasteiger partial charge in [-0.1, -0.05) is 33.4 Å². The summed E-state index contributed by atoms with van der Waals surface area (Å²) in [5, 5.41) is 44.2. The molecule has 1 saturated heterocycles. The number of rotatable bonds is 26. The Bertz CT molecular complexity index is 2190. The number of H-pyrrole nitrogens is 1. The first-order valence-corrected chi connectivity index (χ1v) is 24.6. The molecule has 0 aromatic carbocycles. The van der Waals surface area contributed by atoms with Crippen molar-refractivity contribution in [2.45, 2.75) is 94.1 Å². The number of aromatic nitrogens is 2. The molecule has 3 amide bonds. The maximum atomic E-state index is 12.5. The molecule has 0 spiro atoms. The number of carboxylic acids is 3. The van der Waals surface area contributed by atoms with Gasteiger partial charge in [-0.2, -0.15) is 8.62 Å². The number of ether oxygens (including phenoxy) is 1. The van der Waals surface area contributed by atoms with Gasteiger partial charge in [0.05, 0.1) is 32.1 Å². The number of phosphoric acid groups is 3. The van der Waals surface area contributed by atoms with Crippen LogP contribution in [0.1, 0.15) is 70.6 Å². The predicted molar refractivity (Wildman–Crippen MR) is 214 cm³/mol. The predicted octanol–water partition coefficient (Wildman–Crippen LogP) is -1.28. The third kappa shape index (κ3) is 21.6. The number of nitrogens with zero attached hydrogens (tertiary/aromatic N) is 1. The SMILES string of the molecule is CC(C)(CCCC(=O)NC(CC(=O)O)C(=O)NC(CC(=O)O)C(=O)O)SSCCC(=O)NCC#Cc1cn(C2CC(O)C(COP(=O)(O)OP(=O)(O)OP(=O)(O)O)O2)c(=O)[nH]c1=O. The summed E-state index contributed by atoms with van der Waals surface area (Å²) in [6.45, 7) is 2.51. The van der Waals surface area contributed by atoms with Crippen LogP contribution < -0.4 is 27.2 Å². The molecule has 7 unspecified atom stereocenters. The highest BCUT2D eigenvalue weighted by Gasteiger charge is 2.43. The summed E-state index contributed by atoms with van der Waals surface area (Å²) < 4.78 is 51.8.